The van der Waals surface area contributed by atoms with Gasteiger partial charge in [0.25, 0.3) is 11.5 Å². The van der Waals surface area contributed by atoms with Gasteiger partial charge in [0.05, 0.1) is 24.8 Å². The summed E-state index contributed by atoms with van der Waals surface area (Å²) in [5.41, 5.74) is 4.79. The van der Waals surface area contributed by atoms with Crippen LogP contribution in [0.3, 0.4) is 0 Å². The molecule has 1 aliphatic carbocycles. The number of carbonyl (C=O) groups excluding carboxylic acids is 2. The molecule has 1 saturated carbocycles. The minimum absolute atomic E-state index is 0.0696. The van der Waals surface area contributed by atoms with Crippen molar-refractivity contribution in [3.63, 3.8) is 0 Å². The molecule has 9 nitrogen and oxygen atoms in total. The molecular weight excluding hydrogens is 602 g/mol. The highest BCUT2D eigenvalue weighted by Gasteiger charge is 2.33. The average Bonchev–Trinajstić information content (AvgIpc) is 3.36. The van der Waals surface area contributed by atoms with E-state index in [2.05, 4.69) is 58.5 Å². The second kappa shape index (κ2) is 15.6. The van der Waals surface area contributed by atoms with Crippen LogP contribution in [-0.4, -0.2) is 59.6 Å². The normalized spacial score (nSPS) is 21.3. The van der Waals surface area contributed by atoms with Crippen LogP contribution in [0.5, 0.6) is 5.75 Å². The largest absolute Gasteiger partial charge is 0.496 e. The Labute approximate surface area is 285 Å². The van der Waals surface area contributed by atoms with E-state index in [1.54, 1.807) is 13.0 Å². The number of nitrogens with zero attached hydrogens (tertiary/aromatic N) is 2. The Balaban J connectivity index is 1.17. The molecule has 0 radical (unpaired) electrons. The molecule has 48 heavy (non-hydrogen) atoms. The van der Waals surface area contributed by atoms with Crippen LogP contribution in [0.15, 0.2) is 47.3 Å². The lowest BCUT2D eigenvalue weighted by atomic mass is 9.68. The molecule has 5 rings (SSSR count). The van der Waals surface area contributed by atoms with Gasteiger partial charge in [0.15, 0.2) is 0 Å². The number of piperidine rings is 1. The number of H-pyrrole nitrogens is 1. The summed E-state index contributed by atoms with van der Waals surface area (Å²) in [4.78, 5) is 44.5. The summed E-state index contributed by atoms with van der Waals surface area (Å²) in [6.07, 6.45) is 5.94. The van der Waals surface area contributed by atoms with Gasteiger partial charge in [0.2, 0.25) is 5.91 Å². The summed E-state index contributed by atoms with van der Waals surface area (Å²) in [7, 11) is 1.53. The van der Waals surface area contributed by atoms with Crippen molar-refractivity contribution in [2.75, 3.05) is 33.3 Å². The lowest BCUT2D eigenvalue weighted by molar-refractivity contribution is -0.123. The number of likely N-dealkylation sites (tertiary alicyclic amines) is 1. The van der Waals surface area contributed by atoms with Gasteiger partial charge in [-0.05, 0) is 95.3 Å². The maximum absolute atomic E-state index is 13.7. The highest BCUT2D eigenvalue weighted by molar-refractivity contribution is 6.08. The fourth-order valence-corrected chi connectivity index (χ4v) is 8.50. The van der Waals surface area contributed by atoms with Crippen molar-refractivity contribution < 1.29 is 14.3 Å². The molecule has 3 N–H and O–H groups in total. The second-order valence-corrected chi connectivity index (χ2v) is 14.3. The van der Waals surface area contributed by atoms with Gasteiger partial charge in [-0.15, -0.1) is 0 Å². The molecule has 0 bridgehead atoms. The van der Waals surface area contributed by atoms with Crippen LogP contribution >= 0.6 is 0 Å². The van der Waals surface area contributed by atoms with Crippen molar-refractivity contribution in [3.8, 4) is 5.75 Å². The van der Waals surface area contributed by atoms with E-state index in [9.17, 15) is 14.4 Å². The van der Waals surface area contributed by atoms with Crippen LogP contribution in [0, 0.1) is 37.5 Å². The van der Waals surface area contributed by atoms with Gasteiger partial charge in [-0.2, -0.15) is 0 Å². The van der Waals surface area contributed by atoms with E-state index in [1.165, 1.54) is 12.7 Å². The molecule has 1 aromatic carbocycles. The van der Waals surface area contributed by atoms with E-state index in [1.807, 2.05) is 25.1 Å². The predicted molar refractivity (Wildman–Crippen MR) is 193 cm³/mol. The molecule has 3 heterocycles. The summed E-state index contributed by atoms with van der Waals surface area (Å²) in [5, 5.41) is 7.12. The number of ether oxygens (including phenoxy) is 1. The van der Waals surface area contributed by atoms with Gasteiger partial charge < -0.3 is 29.8 Å². The van der Waals surface area contributed by atoms with Crippen LogP contribution < -0.4 is 20.9 Å². The molecule has 2 aliphatic rings. The highest BCUT2D eigenvalue weighted by atomic mass is 16.5. The van der Waals surface area contributed by atoms with E-state index in [0.717, 1.165) is 68.3 Å². The van der Waals surface area contributed by atoms with Crippen molar-refractivity contribution >= 4 is 22.7 Å². The molecule has 2 amide bonds. The van der Waals surface area contributed by atoms with Crippen molar-refractivity contribution in [1.29, 1.82) is 0 Å². The fraction of sp³-hybridized carbons (Fsp3) is 0.564. The predicted octanol–water partition coefficient (Wildman–Crippen LogP) is 6.29. The number of hydrogen-bond acceptors (Lipinski definition) is 5. The number of aryl methyl sites for hydroxylation is 1. The van der Waals surface area contributed by atoms with Crippen LogP contribution in [0.1, 0.15) is 92.6 Å². The van der Waals surface area contributed by atoms with E-state index in [-0.39, 0.29) is 30.0 Å². The van der Waals surface area contributed by atoms with Crippen molar-refractivity contribution in [2.45, 2.75) is 85.7 Å². The zero-order valence-corrected chi connectivity index (χ0v) is 29.8. The second-order valence-electron chi connectivity index (χ2n) is 14.3. The third-order valence-electron chi connectivity index (χ3n) is 11.2. The summed E-state index contributed by atoms with van der Waals surface area (Å²) >= 11 is 0. The number of carbonyl (C=O) groups is 2. The number of rotatable bonds is 12. The minimum Gasteiger partial charge on any atom is -0.496 e. The van der Waals surface area contributed by atoms with E-state index < -0.39 is 0 Å². The number of allylic oxidation sites excluding steroid dienone is 1. The first-order valence-corrected chi connectivity index (χ1v) is 17.8. The van der Waals surface area contributed by atoms with Gasteiger partial charge in [-0.3, -0.25) is 14.4 Å². The Hall–Kier alpha value is -3.85. The van der Waals surface area contributed by atoms with Crippen molar-refractivity contribution in [2.24, 2.45) is 23.7 Å². The van der Waals surface area contributed by atoms with E-state index in [4.69, 9.17) is 4.74 Å². The Kier molecular flexibility index (Phi) is 11.5. The first-order valence-electron chi connectivity index (χ1n) is 17.8. The molecule has 1 saturated heterocycles. The molecule has 2 fully saturated rings. The summed E-state index contributed by atoms with van der Waals surface area (Å²) in [6, 6.07) is 10.1. The van der Waals surface area contributed by atoms with E-state index in [0.29, 0.717) is 59.2 Å². The number of aromatic amines is 1. The molecule has 260 valence electrons. The molecule has 2 aromatic heterocycles. The first kappa shape index (κ1) is 35.5. The zero-order chi connectivity index (χ0) is 34.5. The Morgan fingerprint density at radius 3 is 2.56 bits per heavy atom. The van der Waals surface area contributed by atoms with Crippen LogP contribution in [0.25, 0.3) is 10.9 Å². The molecule has 3 aromatic rings. The van der Waals surface area contributed by atoms with E-state index >= 15 is 0 Å². The SMILES string of the molecule is C=C1CC(C)C(CC(=O)NCCN2CCC([C@@H](C)n3c(C)c(C(=O)NCc4c(OC)cc(C)[nH]c4=O)c4ccccc43)CC2)C(CC)C1. The van der Waals surface area contributed by atoms with Gasteiger partial charge in [-0.1, -0.05) is 50.6 Å². The third-order valence-corrected chi connectivity index (χ3v) is 11.2. The van der Waals surface area contributed by atoms with Gasteiger partial charge in [0.1, 0.15) is 5.75 Å². The number of para-hydroxylation sites is 1. The molecule has 1 aliphatic heterocycles. The molecule has 0 spiro atoms. The molecule has 9 heteroatoms. The van der Waals surface area contributed by atoms with Crippen LogP contribution in [-0.2, 0) is 11.3 Å². The van der Waals surface area contributed by atoms with Gasteiger partial charge in [-0.25, -0.2) is 0 Å². The number of benzene rings is 1. The molecule has 4 atom stereocenters. The minimum atomic E-state index is -0.264. The van der Waals surface area contributed by atoms with Crippen LogP contribution in [0.2, 0.25) is 0 Å². The van der Waals surface area contributed by atoms with Gasteiger partial charge in [0, 0.05) is 47.8 Å². The maximum Gasteiger partial charge on any atom is 0.256 e. The third kappa shape index (κ3) is 7.72. The Morgan fingerprint density at radius 1 is 1.12 bits per heavy atom. The highest BCUT2D eigenvalue weighted by Crippen LogP contribution is 2.41. The Morgan fingerprint density at radius 2 is 1.85 bits per heavy atom. The smallest absolute Gasteiger partial charge is 0.256 e. The number of aromatic nitrogens is 2. The topological polar surface area (TPSA) is 108 Å². The number of amides is 2. The van der Waals surface area contributed by atoms with Crippen molar-refractivity contribution in [1.82, 2.24) is 25.1 Å². The molecular formula is C39H55N5O4. The Bertz CT molecular complexity index is 1680. The number of hydrogen-bond donors (Lipinski definition) is 3. The summed E-state index contributed by atoms with van der Waals surface area (Å²) < 4.78 is 7.75. The summed E-state index contributed by atoms with van der Waals surface area (Å²) in [6.45, 7) is 18.4. The number of nitrogens with one attached hydrogen (secondary N) is 3. The summed E-state index contributed by atoms with van der Waals surface area (Å²) in [5.74, 6) is 2.42. The van der Waals surface area contributed by atoms with Crippen LogP contribution in [0.4, 0.5) is 0 Å². The zero-order valence-electron chi connectivity index (χ0n) is 29.8. The molecule has 3 unspecified atom stereocenters. The number of fused-ring (bicyclic) bond motifs is 1. The fourth-order valence-electron chi connectivity index (χ4n) is 8.50. The maximum atomic E-state index is 13.7. The lowest BCUT2D eigenvalue weighted by Crippen LogP contribution is -2.41. The quantitative estimate of drug-likeness (QED) is 0.199. The number of methoxy groups -OCH3 is 1. The monoisotopic (exact) mass is 657 g/mol. The van der Waals surface area contributed by atoms with Gasteiger partial charge >= 0.3 is 0 Å². The first-order chi connectivity index (χ1) is 23.0. The van der Waals surface area contributed by atoms with Crippen molar-refractivity contribution in [3.05, 3.63) is 75.4 Å². The lowest BCUT2D eigenvalue weighted by Gasteiger charge is -2.37. The standard InChI is InChI=1S/C39H55N5O4/c1-8-29-20-24(2)19-25(3)32(29)22-36(45)40-15-18-43-16-13-30(14-17-43)27(5)44-28(6)37(31-11-9-10-12-34(31)44)39(47)41-23-33-35(48-7)21-26(4)42-38(33)46/h9-12,21,25,27,29-30,32H,2,8,13-20,22-23H2,1,3-7H3,(H,40,45)(H,41,47)(H,42,46)/t25?,27-,29?,32?/m1/s1. The number of pyridine rings is 1. The average molecular weight is 658 g/mol.